The Morgan fingerprint density at radius 3 is 1.50 bits per heavy atom. The zero-order valence-electron chi connectivity index (χ0n) is 13.1. The topological polar surface area (TPSA) is 20.2 Å². The predicted octanol–water partition coefficient (Wildman–Crippen LogP) is 5.33. The van der Waals surface area contributed by atoms with Crippen molar-refractivity contribution in [3.8, 4) is 0 Å². The van der Waals surface area contributed by atoms with Crippen LogP contribution in [-0.2, 0) is 0 Å². The molecule has 0 fully saturated rings. The molecule has 1 N–H and O–H groups in total. The van der Waals surface area contributed by atoms with Gasteiger partial charge in [-0.15, -0.1) is 0 Å². The van der Waals surface area contributed by atoms with E-state index >= 15 is 0 Å². The molecule has 0 saturated carbocycles. The minimum absolute atomic E-state index is 0. The minimum Gasteiger partial charge on any atom is -0.374 e. The van der Waals surface area contributed by atoms with Gasteiger partial charge in [0.15, 0.2) is 0 Å². The van der Waals surface area contributed by atoms with Crippen LogP contribution in [0.25, 0.3) is 0 Å². The van der Waals surface area contributed by atoms with Gasteiger partial charge in [-0.25, -0.2) is 0 Å². The average Bonchev–Trinajstić information content (AvgIpc) is 2.32. The molecule has 3 heteroatoms. The normalized spacial score (nSPS) is 12.2. The van der Waals surface area contributed by atoms with Gasteiger partial charge in [0.25, 0.3) is 0 Å². The summed E-state index contributed by atoms with van der Waals surface area (Å²) in [6.07, 6.45) is 17.1. The third-order valence-corrected chi connectivity index (χ3v) is 5.05. The summed E-state index contributed by atoms with van der Waals surface area (Å²) in [7, 11) is -0.615. The van der Waals surface area contributed by atoms with Crippen LogP contribution >= 0.6 is 8.15 Å². The Labute approximate surface area is 139 Å². The molecule has 18 heavy (non-hydrogen) atoms. The van der Waals surface area contributed by atoms with Crippen LogP contribution in [0.5, 0.6) is 0 Å². The van der Waals surface area contributed by atoms with E-state index in [1.165, 1.54) is 64.2 Å². The van der Waals surface area contributed by atoms with E-state index in [1.807, 2.05) is 0 Å². The van der Waals surface area contributed by atoms with Crippen molar-refractivity contribution in [2.45, 2.75) is 84.5 Å². The third-order valence-electron chi connectivity index (χ3n) is 3.25. The van der Waals surface area contributed by atoms with Gasteiger partial charge in [0.2, 0.25) is 0 Å². The maximum Gasteiger partial charge on any atom is 0.0251 e. The van der Waals surface area contributed by atoms with Gasteiger partial charge in [0, 0.05) is 37.7 Å². The molecule has 105 valence electrons. The van der Waals surface area contributed by atoms with Crippen molar-refractivity contribution in [2.24, 2.45) is 0 Å². The first-order chi connectivity index (χ1) is 8.31. The first-order valence-electron chi connectivity index (χ1n) is 7.75. The van der Waals surface area contributed by atoms with Crippen LogP contribution in [0.3, 0.4) is 0 Å². The molecular weight excluding hydrogens is 250 g/mol. The minimum atomic E-state index is -0.615. The van der Waals surface area contributed by atoms with E-state index in [2.05, 4.69) is 13.8 Å². The van der Waals surface area contributed by atoms with Gasteiger partial charge in [0.1, 0.15) is 0 Å². The summed E-state index contributed by atoms with van der Waals surface area (Å²) in [5.74, 6) is 0. The van der Waals surface area contributed by atoms with Crippen molar-refractivity contribution in [3.63, 3.8) is 0 Å². The fourth-order valence-electron chi connectivity index (χ4n) is 2.15. The average molecular weight is 283 g/mol. The maximum atomic E-state index is 9.64. The smallest absolute Gasteiger partial charge is 0.0251 e. The number of hydrogen-bond donors (Lipinski definition) is 1. The molecule has 0 aromatic heterocycles. The molecule has 1 radical (unpaired) electrons. The van der Waals surface area contributed by atoms with Crippen LogP contribution in [-0.4, -0.2) is 46.8 Å². The van der Waals surface area contributed by atoms with Crippen molar-refractivity contribution < 1.29 is 4.89 Å². The van der Waals surface area contributed by atoms with Gasteiger partial charge in [-0.2, -0.15) is 0 Å². The number of hydrogen-bond acceptors (Lipinski definition) is 1. The standard InChI is InChI=1S/C15H33OP.Na/c1-3-5-6-7-8-9-10-11-12-13-15-17(16)14-4-2;/h16H,3-15H2,1-2H3;. The van der Waals surface area contributed by atoms with Crippen molar-refractivity contribution in [1.82, 2.24) is 0 Å². The van der Waals surface area contributed by atoms with E-state index in [0.29, 0.717) is 0 Å². The third kappa shape index (κ3) is 17.4. The van der Waals surface area contributed by atoms with Crippen LogP contribution in [0.2, 0.25) is 0 Å². The fraction of sp³-hybridized carbons (Fsp3) is 1.00. The molecule has 0 rings (SSSR count). The zero-order chi connectivity index (χ0) is 12.8. The van der Waals surface area contributed by atoms with Crippen molar-refractivity contribution in [3.05, 3.63) is 0 Å². The Bertz CT molecular complexity index is 144. The van der Waals surface area contributed by atoms with Crippen molar-refractivity contribution >= 4 is 37.7 Å². The van der Waals surface area contributed by atoms with E-state index in [1.54, 1.807) is 0 Å². The molecule has 0 heterocycles. The Morgan fingerprint density at radius 1 is 0.611 bits per heavy atom. The van der Waals surface area contributed by atoms with Gasteiger partial charge < -0.3 is 4.89 Å². The second kappa shape index (κ2) is 18.4. The molecule has 0 aromatic rings. The molecule has 0 aromatic carbocycles. The molecule has 0 bridgehead atoms. The second-order valence-electron chi connectivity index (χ2n) is 5.14. The summed E-state index contributed by atoms with van der Waals surface area (Å²) in [4.78, 5) is 9.64. The molecule has 0 aliphatic heterocycles. The van der Waals surface area contributed by atoms with Crippen molar-refractivity contribution in [1.29, 1.82) is 0 Å². The molecule has 0 aliphatic carbocycles. The molecule has 1 unspecified atom stereocenters. The first kappa shape index (κ1) is 21.7. The van der Waals surface area contributed by atoms with E-state index in [4.69, 9.17) is 0 Å². The van der Waals surface area contributed by atoms with Crippen LogP contribution < -0.4 is 0 Å². The number of unbranched alkanes of at least 4 members (excludes halogenated alkanes) is 9. The molecule has 0 amide bonds. The van der Waals surface area contributed by atoms with Crippen LogP contribution in [0.4, 0.5) is 0 Å². The Morgan fingerprint density at radius 2 is 1.06 bits per heavy atom. The van der Waals surface area contributed by atoms with Gasteiger partial charge in [-0.3, -0.25) is 0 Å². The number of rotatable bonds is 13. The van der Waals surface area contributed by atoms with Crippen LogP contribution in [0.1, 0.15) is 84.5 Å². The first-order valence-corrected chi connectivity index (χ1v) is 9.41. The molecule has 0 spiro atoms. The zero-order valence-corrected chi connectivity index (χ0v) is 16.0. The Kier molecular flexibility index (Phi) is 22.2. The van der Waals surface area contributed by atoms with E-state index in [-0.39, 0.29) is 29.6 Å². The quantitative estimate of drug-likeness (QED) is 0.275. The molecular formula is C15H33NaOP. The fourth-order valence-corrected chi connectivity index (χ4v) is 3.48. The van der Waals surface area contributed by atoms with Gasteiger partial charge >= 0.3 is 0 Å². The second-order valence-corrected chi connectivity index (χ2v) is 7.04. The van der Waals surface area contributed by atoms with Gasteiger partial charge in [-0.05, 0) is 18.7 Å². The van der Waals surface area contributed by atoms with Crippen LogP contribution in [0.15, 0.2) is 0 Å². The molecule has 1 atom stereocenters. The SMILES string of the molecule is CCCCCCCCCCCCP(O)CCC.[Na]. The van der Waals surface area contributed by atoms with E-state index in [9.17, 15) is 4.89 Å². The molecule has 1 nitrogen and oxygen atoms in total. The van der Waals surface area contributed by atoms with Crippen LogP contribution in [0, 0.1) is 0 Å². The maximum absolute atomic E-state index is 9.64. The molecule has 0 aliphatic rings. The van der Waals surface area contributed by atoms with Gasteiger partial charge in [-0.1, -0.05) is 78.1 Å². The Hall–Kier alpha value is 1.39. The summed E-state index contributed by atoms with van der Waals surface area (Å²) >= 11 is 0. The Balaban J connectivity index is 0. The summed E-state index contributed by atoms with van der Waals surface area (Å²) in [5.41, 5.74) is 0. The van der Waals surface area contributed by atoms with E-state index < -0.39 is 8.15 Å². The van der Waals surface area contributed by atoms with Gasteiger partial charge in [0.05, 0.1) is 0 Å². The predicted molar refractivity (Wildman–Crippen MR) is 86.8 cm³/mol. The summed E-state index contributed by atoms with van der Waals surface area (Å²) in [6.45, 7) is 4.43. The monoisotopic (exact) mass is 283 g/mol. The van der Waals surface area contributed by atoms with Crippen molar-refractivity contribution in [2.75, 3.05) is 12.3 Å². The summed E-state index contributed by atoms with van der Waals surface area (Å²) < 4.78 is 0. The summed E-state index contributed by atoms with van der Waals surface area (Å²) in [5, 5.41) is 0. The van der Waals surface area contributed by atoms with E-state index in [0.717, 1.165) is 18.7 Å². The molecule has 0 saturated heterocycles. The largest absolute Gasteiger partial charge is 0.374 e. The summed E-state index contributed by atoms with van der Waals surface area (Å²) in [6, 6.07) is 0.